The van der Waals surface area contributed by atoms with Gasteiger partial charge in [-0.25, -0.2) is 13.6 Å². The minimum atomic E-state index is -4.82. The zero-order valence-electron chi connectivity index (χ0n) is 13.0. The number of sulfonamides is 1. The fourth-order valence-electron chi connectivity index (χ4n) is 2.18. The Morgan fingerprint density at radius 3 is 2.38 bits per heavy atom. The average molecular weight is 378 g/mol. The molecule has 0 amide bonds. The van der Waals surface area contributed by atoms with Crippen LogP contribution in [0.3, 0.4) is 0 Å². The minimum Gasteiger partial charge on any atom is -0.384 e. The predicted molar refractivity (Wildman–Crippen MR) is 88.7 cm³/mol. The first-order valence-electron chi connectivity index (χ1n) is 6.93. The highest BCUT2D eigenvalue weighted by atomic mass is 32.2. The van der Waals surface area contributed by atoms with Crippen molar-refractivity contribution in [3.05, 3.63) is 46.2 Å². The molecule has 2 aromatic rings. The Kier molecular flexibility index (Phi) is 4.98. The number of nitrogens with one attached hydrogen (secondary N) is 1. The second-order valence-corrected chi connectivity index (χ2v) is 8.45. The summed E-state index contributed by atoms with van der Waals surface area (Å²) in [7, 11) is -4.46. The molecule has 0 saturated heterocycles. The largest absolute Gasteiger partial charge is 0.417 e. The smallest absolute Gasteiger partial charge is 0.384 e. The molecule has 0 fully saturated rings. The van der Waals surface area contributed by atoms with E-state index in [1.54, 1.807) is 11.3 Å². The van der Waals surface area contributed by atoms with E-state index < -0.39 is 26.7 Å². The number of anilines is 1. The van der Waals surface area contributed by atoms with Gasteiger partial charge < -0.3 is 5.32 Å². The maximum absolute atomic E-state index is 13.1. The topological polar surface area (TPSA) is 72.2 Å². The lowest BCUT2D eigenvalue weighted by atomic mass is 9.91. The van der Waals surface area contributed by atoms with Gasteiger partial charge in [0.15, 0.2) is 0 Å². The normalized spacial score (nSPS) is 13.1. The molecule has 0 unspecified atom stereocenters. The second kappa shape index (κ2) is 6.38. The van der Waals surface area contributed by atoms with Gasteiger partial charge in [-0.1, -0.05) is 19.9 Å². The molecule has 0 aliphatic heterocycles. The van der Waals surface area contributed by atoms with Crippen molar-refractivity contribution in [2.75, 3.05) is 11.9 Å². The molecule has 1 heterocycles. The van der Waals surface area contributed by atoms with Gasteiger partial charge in [-0.2, -0.15) is 13.2 Å². The lowest BCUT2D eigenvalue weighted by molar-refractivity contribution is -0.139. The van der Waals surface area contributed by atoms with Crippen LogP contribution in [0.1, 0.15) is 24.3 Å². The summed E-state index contributed by atoms with van der Waals surface area (Å²) in [5.41, 5.74) is -1.38. The first-order chi connectivity index (χ1) is 10.9. The number of hydrogen-bond acceptors (Lipinski definition) is 4. The van der Waals surface area contributed by atoms with E-state index in [2.05, 4.69) is 5.32 Å². The number of alkyl halides is 3. The number of benzene rings is 1. The molecule has 3 N–H and O–H groups in total. The molecule has 2 rings (SSSR count). The van der Waals surface area contributed by atoms with Crippen molar-refractivity contribution >= 4 is 27.0 Å². The van der Waals surface area contributed by atoms with Crippen LogP contribution >= 0.6 is 11.3 Å². The van der Waals surface area contributed by atoms with Crippen molar-refractivity contribution in [1.82, 2.24) is 0 Å². The Morgan fingerprint density at radius 1 is 1.21 bits per heavy atom. The zero-order chi connectivity index (χ0) is 18.2. The fraction of sp³-hybridized carbons (Fsp3) is 0.333. The van der Waals surface area contributed by atoms with Gasteiger partial charge in [-0.15, -0.1) is 11.3 Å². The quantitative estimate of drug-likeness (QED) is 0.831. The Balaban J connectivity index is 2.30. The molecule has 0 atom stereocenters. The van der Waals surface area contributed by atoms with Crippen LogP contribution in [0, 0.1) is 0 Å². The van der Waals surface area contributed by atoms with Gasteiger partial charge in [0.2, 0.25) is 10.0 Å². The monoisotopic (exact) mass is 378 g/mol. The second-order valence-electron chi connectivity index (χ2n) is 5.97. The van der Waals surface area contributed by atoms with Crippen molar-refractivity contribution in [2.24, 2.45) is 5.14 Å². The van der Waals surface area contributed by atoms with Crippen LogP contribution in [0.15, 0.2) is 40.6 Å². The third-order valence-corrected chi connectivity index (χ3v) is 5.72. The lowest BCUT2D eigenvalue weighted by Gasteiger charge is -2.24. The van der Waals surface area contributed by atoms with Gasteiger partial charge in [0.25, 0.3) is 0 Å². The fourth-order valence-corrected chi connectivity index (χ4v) is 3.77. The molecule has 0 bridgehead atoms. The summed E-state index contributed by atoms with van der Waals surface area (Å²) < 4.78 is 62.0. The Bertz CT molecular complexity index is 814. The van der Waals surface area contributed by atoms with E-state index in [-0.39, 0.29) is 11.1 Å². The SMILES string of the molecule is CC(C)(CNc1ccc(S(N)(=O)=O)c(C(F)(F)F)c1)c1cccs1. The van der Waals surface area contributed by atoms with Crippen LogP contribution in [-0.4, -0.2) is 15.0 Å². The summed E-state index contributed by atoms with van der Waals surface area (Å²) in [6.07, 6.45) is -4.82. The molecule has 0 spiro atoms. The van der Waals surface area contributed by atoms with Crippen molar-refractivity contribution in [1.29, 1.82) is 0 Å². The summed E-state index contributed by atoms with van der Waals surface area (Å²) in [6, 6.07) is 6.78. The summed E-state index contributed by atoms with van der Waals surface area (Å²) in [5.74, 6) is 0. The predicted octanol–water partition coefficient (Wildman–Crippen LogP) is 3.80. The van der Waals surface area contributed by atoms with E-state index in [9.17, 15) is 21.6 Å². The van der Waals surface area contributed by atoms with E-state index in [0.29, 0.717) is 6.54 Å². The molecule has 24 heavy (non-hydrogen) atoms. The van der Waals surface area contributed by atoms with Gasteiger partial charge in [0, 0.05) is 22.5 Å². The average Bonchev–Trinajstić information content (AvgIpc) is 2.98. The number of hydrogen-bond donors (Lipinski definition) is 2. The molecule has 4 nitrogen and oxygen atoms in total. The highest BCUT2D eigenvalue weighted by Gasteiger charge is 2.36. The standard InChI is InChI=1S/C15H17F3N2O2S2/c1-14(2,13-4-3-7-23-13)9-20-10-5-6-12(24(19,21)22)11(8-10)15(16,17)18/h3-8,20H,9H2,1-2H3,(H2,19,21,22). The van der Waals surface area contributed by atoms with Crippen molar-refractivity contribution in [2.45, 2.75) is 30.3 Å². The summed E-state index contributed by atoms with van der Waals surface area (Å²) >= 11 is 1.56. The van der Waals surface area contributed by atoms with Gasteiger partial charge in [-0.05, 0) is 29.6 Å². The van der Waals surface area contributed by atoms with E-state index in [0.717, 1.165) is 17.0 Å². The van der Waals surface area contributed by atoms with Crippen LogP contribution in [0.25, 0.3) is 0 Å². The maximum Gasteiger partial charge on any atom is 0.417 e. The Labute approximate surface area is 142 Å². The first kappa shape index (κ1) is 18.8. The third-order valence-electron chi connectivity index (χ3n) is 3.51. The van der Waals surface area contributed by atoms with Gasteiger partial charge in [-0.3, -0.25) is 0 Å². The van der Waals surface area contributed by atoms with Crippen LogP contribution in [0.4, 0.5) is 18.9 Å². The zero-order valence-corrected chi connectivity index (χ0v) is 14.6. The summed E-state index contributed by atoms with van der Waals surface area (Å²) in [6.45, 7) is 4.32. The number of rotatable bonds is 5. The van der Waals surface area contributed by atoms with E-state index in [1.807, 2.05) is 31.4 Å². The van der Waals surface area contributed by atoms with Crippen LogP contribution in [0.2, 0.25) is 0 Å². The molecule has 9 heteroatoms. The summed E-state index contributed by atoms with van der Waals surface area (Å²) in [4.78, 5) is 0.158. The van der Waals surface area contributed by atoms with Crippen LogP contribution < -0.4 is 10.5 Å². The molecule has 0 aliphatic rings. The summed E-state index contributed by atoms with van der Waals surface area (Å²) in [5, 5.41) is 9.73. The highest BCUT2D eigenvalue weighted by molar-refractivity contribution is 7.89. The minimum absolute atomic E-state index is 0.180. The molecule has 0 saturated carbocycles. The molecule has 0 aliphatic carbocycles. The molecule has 132 valence electrons. The Morgan fingerprint density at radius 2 is 1.88 bits per heavy atom. The van der Waals surface area contributed by atoms with Crippen molar-refractivity contribution in [3.63, 3.8) is 0 Å². The first-order valence-corrected chi connectivity index (χ1v) is 9.36. The highest BCUT2D eigenvalue weighted by Crippen LogP contribution is 2.36. The van der Waals surface area contributed by atoms with Crippen molar-refractivity contribution in [3.8, 4) is 0 Å². The lowest BCUT2D eigenvalue weighted by Crippen LogP contribution is -2.27. The number of halogens is 3. The van der Waals surface area contributed by atoms with Gasteiger partial charge >= 0.3 is 6.18 Å². The van der Waals surface area contributed by atoms with Crippen molar-refractivity contribution < 1.29 is 21.6 Å². The van der Waals surface area contributed by atoms with E-state index in [4.69, 9.17) is 5.14 Å². The van der Waals surface area contributed by atoms with Gasteiger partial charge in [0.05, 0.1) is 10.5 Å². The molecular formula is C15H17F3N2O2S2. The number of thiophene rings is 1. The molecule has 1 aromatic carbocycles. The van der Waals surface area contributed by atoms with Gasteiger partial charge in [0.1, 0.15) is 0 Å². The Hall–Kier alpha value is -1.58. The molecular weight excluding hydrogens is 361 g/mol. The third kappa shape index (κ3) is 4.28. The van der Waals surface area contributed by atoms with E-state index in [1.165, 1.54) is 6.07 Å². The number of primary sulfonamides is 1. The van der Waals surface area contributed by atoms with E-state index >= 15 is 0 Å². The van der Waals surface area contributed by atoms with Crippen LogP contribution in [-0.2, 0) is 21.6 Å². The van der Waals surface area contributed by atoms with Crippen LogP contribution in [0.5, 0.6) is 0 Å². The molecule has 0 radical (unpaired) electrons. The maximum atomic E-state index is 13.1. The molecule has 1 aromatic heterocycles. The number of nitrogens with two attached hydrogens (primary N) is 1.